The van der Waals surface area contributed by atoms with Crippen LogP contribution in [0, 0.1) is 6.92 Å². The highest BCUT2D eigenvalue weighted by Crippen LogP contribution is 2.40. The Kier molecular flexibility index (Phi) is 3.97. The van der Waals surface area contributed by atoms with E-state index in [-0.39, 0.29) is 6.42 Å². The minimum absolute atomic E-state index is 0.140. The molecule has 0 spiro atoms. The average molecular weight is 271 g/mol. The van der Waals surface area contributed by atoms with Crippen molar-refractivity contribution in [1.82, 2.24) is 0 Å². The van der Waals surface area contributed by atoms with Crippen molar-refractivity contribution in [1.29, 1.82) is 0 Å². The summed E-state index contributed by atoms with van der Waals surface area (Å²) in [5.41, 5.74) is 1.89. The summed E-state index contributed by atoms with van der Waals surface area (Å²) in [5.74, 6) is 0.580. The van der Waals surface area contributed by atoms with Crippen molar-refractivity contribution < 1.29 is 19.4 Å². The first-order valence-electron chi connectivity index (χ1n) is 5.89. The van der Waals surface area contributed by atoms with Crippen LogP contribution >= 0.6 is 11.6 Å². The Morgan fingerprint density at radius 3 is 2.89 bits per heavy atom. The molecule has 1 aliphatic rings. The maximum atomic E-state index is 10.5. The molecular weight excluding hydrogens is 256 g/mol. The molecule has 2 rings (SSSR count). The van der Waals surface area contributed by atoms with E-state index >= 15 is 0 Å². The average Bonchev–Trinajstić information content (AvgIpc) is 2.33. The van der Waals surface area contributed by atoms with Gasteiger partial charge >= 0.3 is 5.97 Å². The summed E-state index contributed by atoms with van der Waals surface area (Å²) in [7, 11) is 0. The third-order valence-corrected chi connectivity index (χ3v) is 3.36. The quantitative estimate of drug-likeness (QED) is 0.914. The van der Waals surface area contributed by atoms with Crippen molar-refractivity contribution in [2.45, 2.75) is 26.2 Å². The smallest absolute Gasteiger partial charge is 0.303 e. The summed E-state index contributed by atoms with van der Waals surface area (Å²) in [4.78, 5) is 10.5. The van der Waals surface area contributed by atoms with Gasteiger partial charge in [0.15, 0.2) is 11.5 Å². The second-order valence-electron chi connectivity index (χ2n) is 4.23. The van der Waals surface area contributed by atoms with Crippen LogP contribution in [0.15, 0.2) is 6.07 Å². The predicted molar refractivity (Wildman–Crippen MR) is 67.8 cm³/mol. The summed E-state index contributed by atoms with van der Waals surface area (Å²) in [6.45, 7) is 2.94. The van der Waals surface area contributed by atoms with Gasteiger partial charge in [-0.1, -0.05) is 11.6 Å². The van der Waals surface area contributed by atoms with Gasteiger partial charge in [0.25, 0.3) is 0 Å². The highest BCUT2D eigenvalue weighted by atomic mass is 35.5. The number of carboxylic acids is 1. The van der Waals surface area contributed by atoms with Crippen molar-refractivity contribution in [3.63, 3.8) is 0 Å². The number of benzene rings is 1. The number of aliphatic carboxylic acids is 1. The van der Waals surface area contributed by atoms with Crippen LogP contribution in [-0.4, -0.2) is 24.3 Å². The molecule has 0 radical (unpaired) electrons. The fraction of sp³-hybridized carbons (Fsp3) is 0.462. The minimum atomic E-state index is -0.791. The number of fused-ring (bicyclic) bond motifs is 1. The molecule has 1 aromatic carbocycles. The molecule has 0 saturated carbocycles. The lowest BCUT2D eigenvalue weighted by Crippen LogP contribution is -2.17. The number of hydrogen-bond donors (Lipinski definition) is 1. The Balaban J connectivity index is 2.26. The SMILES string of the molecule is Cc1c(Cl)cc2c(c1CCCC(=O)O)OCCO2. The Labute approximate surface area is 110 Å². The van der Waals surface area contributed by atoms with E-state index in [1.165, 1.54) is 0 Å². The van der Waals surface area contributed by atoms with Crippen molar-refractivity contribution in [2.24, 2.45) is 0 Å². The molecule has 0 aliphatic carbocycles. The third-order valence-electron chi connectivity index (χ3n) is 2.97. The molecule has 0 atom stereocenters. The standard InChI is InChI=1S/C13H15ClO4/c1-8-9(3-2-4-12(15)16)13-11(7-10(8)14)17-5-6-18-13/h7H,2-6H2,1H3,(H,15,16). The number of rotatable bonds is 4. The van der Waals surface area contributed by atoms with E-state index in [1.807, 2.05) is 6.92 Å². The fourth-order valence-corrected chi connectivity index (χ4v) is 2.24. The summed E-state index contributed by atoms with van der Waals surface area (Å²) in [5, 5.41) is 9.30. The van der Waals surface area contributed by atoms with E-state index in [2.05, 4.69) is 0 Å². The van der Waals surface area contributed by atoms with Gasteiger partial charge in [-0.25, -0.2) is 0 Å². The van der Waals surface area contributed by atoms with Gasteiger partial charge in [0.1, 0.15) is 13.2 Å². The highest BCUT2D eigenvalue weighted by molar-refractivity contribution is 6.31. The first kappa shape index (κ1) is 13.0. The summed E-state index contributed by atoms with van der Waals surface area (Å²) in [6.07, 6.45) is 1.33. The van der Waals surface area contributed by atoms with Crippen LogP contribution < -0.4 is 9.47 Å². The molecule has 5 heteroatoms. The van der Waals surface area contributed by atoms with Gasteiger partial charge in [0.05, 0.1) is 0 Å². The number of carbonyl (C=O) groups is 1. The van der Waals surface area contributed by atoms with Gasteiger partial charge in [-0.05, 0) is 25.3 Å². The molecule has 18 heavy (non-hydrogen) atoms. The van der Waals surface area contributed by atoms with Crippen LogP contribution in [0.3, 0.4) is 0 Å². The molecule has 1 heterocycles. The first-order chi connectivity index (χ1) is 8.59. The molecule has 0 saturated heterocycles. The van der Waals surface area contributed by atoms with Crippen molar-refractivity contribution in [3.8, 4) is 11.5 Å². The van der Waals surface area contributed by atoms with Crippen LogP contribution in [0.1, 0.15) is 24.0 Å². The van der Waals surface area contributed by atoms with Crippen molar-refractivity contribution in [3.05, 3.63) is 22.2 Å². The van der Waals surface area contributed by atoms with E-state index < -0.39 is 5.97 Å². The molecule has 1 aliphatic heterocycles. The topological polar surface area (TPSA) is 55.8 Å². The molecule has 0 amide bonds. The largest absolute Gasteiger partial charge is 0.486 e. The van der Waals surface area contributed by atoms with Crippen LogP contribution in [0.25, 0.3) is 0 Å². The van der Waals surface area contributed by atoms with Crippen LogP contribution in [0.4, 0.5) is 0 Å². The summed E-state index contributed by atoms with van der Waals surface area (Å²) >= 11 is 6.14. The zero-order valence-corrected chi connectivity index (χ0v) is 10.9. The van der Waals surface area contributed by atoms with Crippen molar-refractivity contribution in [2.75, 3.05) is 13.2 Å². The molecule has 1 aromatic rings. The highest BCUT2D eigenvalue weighted by Gasteiger charge is 2.20. The van der Waals surface area contributed by atoms with Crippen LogP contribution in [0.5, 0.6) is 11.5 Å². The molecule has 4 nitrogen and oxygen atoms in total. The van der Waals surface area contributed by atoms with E-state index in [0.717, 1.165) is 11.1 Å². The Hall–Kier alpha value is -1.42. The molecule has 98 valence electrons. The molecule has 0 unspecified atom stereocenters. The third kappa shape index (κ3) is 2.70. The normalized spacial score (nSPS) is 13.4. The summed E-state index contributed by atoms with van der Waals surface area (Å²) < 4.78 is 11.1. The second-order valence-corrected chi connectivity index (χ2v) is 4.64. The predicted octanol–water partition coefficient (Wildman–Crippen LogP) is 2.83. The molecule has 0 fully saturated rings. The van der Waals surface area contributed by atoms with Crippen molar-refractivity contribution >= 4 is 17.6 Å². The molecule has 0 bridgehead atoms. The molecule has 1 N–H and O–H groups in total. The first-order valence-corrected chi connectivity index (χ1v) is 6.26. The van der Waals surface area contributed by atoms with Crippen LogP contribution in [-0.2, 0) is 11.2 Å². The maximum Gasteiger partial charge on any atom is 0.303 e. The molecule has 0 aromatic heterocycles. The van der Waals surface area contributed by atoms with Gasteiger partial charge in [-0.3, -0.25) is 4.79 Å². The van der Waals surface area contributed by atoms with E-state index in [4.69, 9.17) is 26.2 Å². The number of hydrogen-bond acceptors (Lipinski definition) is 3. The summed E-state index contributed by atoms with van der Waals surface area (Å²) in [6, 6.07) is 1.76. The number of ether oxygens (including phenoxy) is 2. The van der Waals surface area contributed by atoms with Gasteiger partial charge in [0.2, 0.25) is 0 Å². The zero-order chi connectivity index (χ0) is 13.1. The van der Waals surface area contributed by atoms with Gasteiger partial charge in [0, 0.05) is 23.1 Å². The lowest BCUT2D eigenvalue weighted by atomic mass is 10.0. The van der Waals surface area contributed by atoms with Gasteiger partial charge < -0.3 is 14.6 Å². The Morgan fingerprint density at radius 2 is 2.17 bits per heavy atom. The van der Waals surface area contributed by atoms with Gasteiger partial charge in [-0.15, -0.1) is 0 Å². The lowest BCUT2D eigenvalue weighted by Gasteiger charge is -2.23. The second kappa shape index (κ2) is 5.48. The van der Waals surface area contributed by atoms with Crippen LogP contribution in [0.2, 0.25) is 5.02 Å². The Morgan fingerprint density at radius 1 is 1.44 bits per heavy atom. The number of halogens is 1. The minimum Gasteiger partial charge on any atom is -0.486 e. The maximum absolute atomic E-state index is 10.5. The monoisotopic (exact) mass is 270 g/mol. The van der Waals surface area contributed by atoms with E-state index in [9.17, 15) is 4.79 Å². The Bertz CT molecular complexity index is 471. The van der Waals surface area contributed by atoms with E-state index in [1.54, 1.807) is 6.07 Å². The number of carboxylic acid groups (broad SMARTS) is 1. The fourth-order valence-electron chi connectivity index (χ4n) is 2.03. The molecular formula is C13H15ClO4. The van der Waals surface area contributed by atoms with E-state index in [0.29, 0.717) is 42.6 Å². The zero-order valence-electron chi connectivity index (χ0n) is 10.2. The lowest BCUT2D eigenvalue weighted by molar-refractivity contribution is -0.137. The van der Waals surface area contributed by atoms with Gasteiger partial charge in [-0.2, -0.15) is 0 Å².